The van der Waals surface area contributed by atoms with Crippen molar-refractivity contribution >= 4 is 5.78 Å². The van der Waals surface area contributed by atoms with Crippen molar-refractivity contribution in [2.45, 2.75) is 13.8 Å². The Morgan fingerprint density at radius 2 is 1.05 bits per heavy atom. The molecule has 0 aromatic heterocycles. The van der Waals surface area contributed by atoms with Gasteiger partial charge in [-0.25, -0.2) is 0 Å². The highest BCUT2D eigenvalue weighted by Crippen LogP contribution is 2.33. The number of rotatable bonds is 2. The highest BCUT2D eigenvalue weighted by molar-refractivity contribution is 6.12. The Morgan fingerprint density at radius 1 is 0.700 bits per heavy atom. The normalized spacial score (nSPS) is 10.5. The van der Waals surface area contributed by atoms with Crippen molar-refractivity contribution in [3.8, 4) is 23.0 Å². The fourth-order valence-corrected chi connectivity index (χ4v) is 1.88. The topological polar surface area (TPSA) is 98.0 Å². The van der Waals surface area contributed by atoms with Crippen LogP contribution in [0, 0.1) is 13.8 Å². The van der Waals surface area contributed by atoms with Crippen molar-refractivity contribution in [3.05, 3.63) is 46.5 Å². The van der Waals surface area contributed by atoms with E-state index in [1.807, 2.05) is 0 Å². The molecule has 0 bridgehead atoms. The van der Waals surface area contributed by atoms with E-state index in [4.69, 9.17) is 0 Å². The van der Waals surface area contributed by atoms with Crippen LogP contribution in [0.15, 0.2) is 24.3 Å². The van der Waals surface area contributed by atoms with Crippen molar-refractivity contribution in [1.29, 1.82) is 0 Å². The van der Waals surface area contributed by atoms with Gasteiger partial charge in [-0.1, -0.05) is 0 Å². The number of phenols is 4. The first-order valence-electron chi connectivity index (χ1n) is 5.91. The molecule has 0 saturated heterocycles. The van der Waals surface area contributed by atoms with E-state index in [0.717, 1.165) is 12.1 Å². The van der Waals surface area contributed by atoms with Crippen LogP contribution in [-0.4, -0.2) is 26.2 Å². The molecule has 0 amide bonds. The average molecular weight is 274 g/mol. The number of hydrogen-bond acceptors (Lipinski definition) is 5. The molecule has 0 spiro atoms. The molecule has 0 atom stereocenters. The molecule has 2 aromatic rings. The van der Waals surface area contributed by atoms with Crippen LogP contribution in [-0.2, 0) is 0 Å². The highest BCUT2D eigenvalue weighted by atomic mass is 16.3. The molecule has 0 aliphatic heterocycles. The number of carbonyl (C=O) groups is 1. The molecule has 0 aliphatic rings. The summed E-state index contributed by atoms with van der Waals surface area (Å²) in [5, 5.41) is 38.4. The molecule has 4 N–H and O–H groups in total. The van der Waals surface area contributed by atoms with E-state index in [-0.39, 0.29) is 34.1 Å². The maximum Gasteiger partial charge on any atom is 0.200 e. The lowest BCUT2D eigenvalue weighted by Gasteiger charge is -2.10. The molecule has 5 nitrogen and oxygen atoms in total. The minimum atomic E-state index is -0.591. The summed E-state index contributed by atoms with van der Waals surface area (Å²) in [4.78, 5) is 12.3. The van der Waals surface area contributed by atoms with Crippen LogP contribution in [0.5, 0.6) is 23.0 Å². The molecule has 0 fully saturated rings. The number of aryl methyl sites for hydroxylation is 2. The molecule has 0 radical (unpaired) electrons. The van der Waals surface area contributed by atoms with Crippen LogP contribution in [0.2, 0.25) is 0 Å². The van der Waals surface area contributed by atoms with Gasteiger partial charge in [-0.3, -0.25) is 4.79 Å². The van der Waals surface area contributed by atoms with Crippen LogP contribution in [0.4, 0.5) is 0 Å². The van der Waals surface area contributed by atoms with Gasteiger partial charge in [0.15, 0.2) is 5.78 Å². The third kappa shape index (κ3) is 2.25. The van der Waals surface area contributed by atoms with Gasteiger partial charge >= 0.3 is 0 Å². The van der Waals surface area contributed by atoms with Crippen molar-refractivity contribution in [2.24, 2.45) is 0 Å². The molecular formula is C15H14O5. The third-order valence-electron chi connectivity index (χ3n) is 3.12. The van der Waals surface area contributed by atoms with E-state index in [9.17, 15) is 25.2 Å². The number of phenolic OH excluding ortho intramolecular Hbond substituents is 4. The van der Waals surface area contributed by atoms with Gasteiger partial charge < -0.3 is 20.4 Å². The summed E-state index contributed by atoms with van der Waals surface area (Å²) in [6.45, 7) is 3.18. The molecular weight excluding hydrogens is 260 g/mol. The van der Waals surface area contributed by atoms with Gasteiger partial charge in [0.2, 0.25) is 0 Å². The molecule has 2 rings (SSSR count). The molecule has 0 saturated carbocycles. The van der Waals surface area contributed by atoms with Crippen molar-refractivity contribution < 1.29 is 25.2 Å². The second kappa shape index (κ2) is 4.77. The minimum absolute atomic E-state index is 0.0271. The Kier molecular flexibility index (Phi) is 3.28. The molecule has 0 aliphatic carbocycles. The maximum atomic E-state index is 12.3. The third-order valence-corrected chi connectivity index (χ3v) is 3.12. The summed E-state index contributed by atoms with van der Waals surface area (Å²) >= 11 is 0. The fourth-order valence-electron chi connectivity index (χ4n) is 1.88. The van der Waals surface area contributed by atoms with Gasteiger partial charge in [-0.15, -0.1) is 0 Å². The summed E-state index contributed by atoms with van der Waals surface area (Å²) in [6.07, 6.45) is 0. The number of carbonyl (C=O) groups excluding carboxylic acids is 1. The van der Waals surface area contributed by atoms with Crippen LogP contribution in [0.1, 0.15) is 27.0 Å². The quantitative estimate of drug-likeness (QED) is 0.630. The average Bonchev–Trinajstić information content (AvgIpc) is 2.37. The van der Waals surface area contributed by atoms with Crippen LogP contribution in [0.3, 0.4) is 0 Å². The lowest BCUT2D eigenvalue weighted by molar-refractivity contribution is 0.103. The Labute approximate surface area is 115 Å². The van der Waals surface area contributed by atoms with Gasteiger partial charge in [-0.05, 0) is 37.1 Å². The smallest absolute Gasteiger partial charge is 0.200 e. The largest absolute Gasteiger partial charge is 0.508 e. The fraction of sp³-hybridized carbons (Fsp3) is 0.133. The van der Waals surface area contributed by atoms with E-state index in [2.05, 4.69) is 0 Å². The summed E-state index contributed by atoms with van der Waals surface area (Å²) in [5.41, 5.74) is 0.809. The Balaban J connectivity index is 2.57. The zero-order valence-electron chi connectivity index (χ0n) is 11.0. The second-order valence-corrected chi connectivity index (χ2v) is 4.64. The Hall–Kier alpha value is -2.69. The summed E-state index contributed by atoms with van der Waals surface area (Å²) in [6, 6.07) is 4.84. The van der Waals surface area contributed by atoms with E-state index in [1.54, 1.807) is 13.8 Å². The van der Waals surface area contributed by atoms with E-state index < -0.39 is 5.78 Å². The molecule has 0 heterocycles. The van der Waals surface area contributed by atoms with Gasteiger partial charge in [0.1, 0.15) is 23.0 Å². The molecule has 5 heteroatoms. The van der Waals surface area contributed by atoms with E-state index in [1.165, 1.54) is 12.1 Å². The number of ketones is 1. The van der Waals surface area contributed by atoms with Crippen LogP contribution in [0.25, 0.3) is 0 Å². The van der Waals surface area contributed by atoms with Crippen LogP contribution >= 0.6 is 0 Å². The SMILES string of the molecule is Cc1cc(C(=O)c2cc(C)c(O)cc2O)c(O)cc1O. The zero-order chi connectivity index (χ0) is 15.0. The molecule has 20 heavy (non-hydrogen) atoms. The number of benzene rings is 2. The standard InChI is InChI=1S/C15H14O5/c1-7-3-9(13(18)5-11(7)16)15(20)10-4-8(2)12(17)6-14(10)19/h3-6,16-19H,1-2H3. The van der Waals surface area contributed by atoms with Crippen LogP contribution < -0.4 is 0 Å². The first kappa shape index (κ1) is 13.7. The lowest BCUT2D eigenvalue weighted by Crippen LogP contribution is -2.03. The first-order chi connectivity index (χ1) is 9.31. The molecule has 2 aromatic carbocycles. The van der Waals surface area contributed by atoms with Gasteiger partial charge in [0.25, 0.3) is 0 Å². The van der Waals surface area contributed by atoms with E-state index >= 15 is 0 Å². The number of hydrogen-bond donors (Lipinski definition) is 4. The summed E-state index contributed by atoms with van der Waals surface area (Å²) in [5.74, 6) is -1.58. The Bertz CT molecular complexity index is 644. The molecule has 0 unspecified atom stereocenters. The maximum absolute atomic E-state index is 12.3. The monoisotopic (exact) mass is 274 g/mol. The molecule has 104 valence electrons. The van der Waals surface area contributed by atoms with E-state index in [0.29, 0.717) is 11.1 Å². The predicted octanol–water partition coefficient (Wildman–Crippen LogP) is 2.36. The number of aromatic hydroxyl groups is 4. The van der Waals surface area contributed by atoms with Gasteiger partial charge in [-0.2, -0.15) is 0 Å². The lowest BCUT2D eigenvalue weighted by atomic mass is 9.98. The highest BCUT2D eigenvalue weighted by Gasteiger charge is 2.19. The predicted molar refractivity (Wildman–Crippen MR) is 72.4 cm³/mol. The zero-order valence-corrected chi connectivity index (χ0v) is 11.0. The van der Waals surface area contributed by atoms with Gasteiger partial charge in [0, 0.05) is 12.1 Å². The van der Waals surface area contributed by atoms with Crippen molar-refractivity contribution in [2.75, 3.05) is 0 Å². The summed E-state index contributed by atoms with van der Waals surface area (Å²) < 4.78 is 0. The second-order valence-electron chi connectivity index (χ2n) is 4.64. The first-order valence-corrected chi connectivity index (χ1v) is 5.91. The summed E-state index contributed by atoms with van der Waals surface area (Å²) in [7, 11) is 0. The van der Waals surface area contributed by atoms with Crippen molar-refractivity contribution in [1.82, 2.24) is 0 Å². The Morgan fingerprint density at radius 3 is 1.40 bits per heavy atom. The van der Waals surface area contributed by atoms with Gasteiger partial charge in [0.05, 0.1) is 11.1 Å². The van der Waals surface area contributed by atoms with Crippen molar-refractivity contribution in [3.63, 3.8) is 0 Å². The minimum Gasteiger partial charge on any atom is -0.508 e.